The monoisotopic (exact) mass is 329 g/mol. The minimum Gasteiger partial charge on any atom is -0.332 e. The van der Waals surface area contributed by atoms with Crippen molar-refractivity contribution < 1.29 is 18.0 Å². The van der Waals surface area contributed by atoms with E-state index >= 15 is 0 Å². The van der Waals surface area contributed by atoms with E-state index in [9.17, 15) is 18.0 Å². The Bertz CT molecular complexity index is 304. The average Bonchev–Trinajstić information content (AvgIpc) is 2.54. The topological polar surface area (TPSA) is 20.3 Å². The smallest absolute Gasteiger partial charge is 0.332 e. The van der Waals surface area contributed by atoms with E-state index in [-0.39, 0.29) is 23.8 Å². The number of carbonyl (C=O) groups excluding carboxylic acids is 1. The second-order valence-corrected chi connectivity index (χ2v) is 6.29. The highest BCUT2D eigenvalue weighted by Gasteiger charge is 2.43. The lowest BCUT2D eigenvalue weighted by molar-refractivity contribution is -0.165. The summed E-state index contributed by atoms with van der Waals surface area (Å²) in [5, 5.41) is 0.363. The maximum Gasteiger partial charge on any atom is 0.406 e. The number of rotatable bonds is 4. The van der Waals surface area contributed by atoms with Crippen molar-refractivity contribution in [3.05, 3.63) is 0 Å². The van der Waals surface area contributed by atoms with E-state index in [1.807, 2.05) is 13.8 Å². The van der Waals surface area contributed by atoms with Crippen LogP contribution in [-0.4, -0.2) is 35.4 Å². The van der Waals surface area contributed by atoms with Gasteiger partial charge in [-0.1, -0.05) is 36.2 Å². The summed E-state index contributed by atoms with van der Waals surface area (Å²) in [6, 6.07) is 0. The van der Waals surface area contributed by atoms with Crippen LogP contribution in [0, 0.1) is 11.3 Å². The predicted molar refractivity (Wildman–Crippen MR) is 67.6 cm³/mol. The summed E-state index contributed by atoms with van der Waals surface area (Å²) in [6.07, 6.45) is -1.82. The molecule has 1 aliphatic carbocycles. The summed E-state index contributed by atoms with van der Waals surface area (Å²) < 4.78 is 37.4. The van der Waals surface area contributed by atoms with Gasteiger partial charge in [0.15, 0.2) is 0 Å². The van der Waals surface area contributed by atoms with Crippen molar-refractivity contribution in [3.63, 3.8) is 0 Å². The molecular formula is C12H19BrF3NO. The van der Waals surface area contributed by atoms with Crippen LogP contribution in [0.3, 0.4) is 0 Å². The van der Waals surface area contributed by atoms with Gasteiger partial charge in [-0.3, -0.25) is 4.79 Å². The van der Waals surface area contributed by atoms with Crippen LogP contribution in [0.1, 0.15) is 33.1 Å². The second kappa shape index (κ2) is 5.80. The number of nitrogens with zero attached hydrogens (tertiary/aromatic N) is 1. The van der Waals surface area contributed by atoms with Gasteiger partial charge in [0.1, 0.15) is 6.54 Å². The van der Waals surface area contributed by atoms with E-state index in [1.54, 1.807) is 0 Å². The highest BCUT2D eigenvalue weighted by molar-refractivity contribution is 9.09. The van der Waals surface area contributed by atoms with Crippen molar-refractivity contribution in [2.24, 2.45) is 11.3 Å². The van der Waals surface area contributed by atoms with Gasteiger partial charge in [-0.05, 0) is 18.3 Å². The van der Waals surface area contributed by atoms with Gasteiger partial charge in [0.25, 0.3) is 0 Å². The molecule has 0 saturated heterocycles. The number of carbonyl (C=O) groups is 1. The number of hydrogen-bond acceptors (Lipinski definition) is 1. The highest BCUT2D eigenvalue weighted by Crippen LogP contribution is 2.43. The molecule has 0 radical (unpaired) electrons. The first kappa shape index (κ1) is 15.8. The molecule has 1 fully saturated rings. The zero-order valence-electron chi connectivity index (χ0n) is 10.7. The first-order valence-corrected chi connectivity index (χ1v) is 7.21. The van der Waals surface area contributed by atoms with Crippen LogP contribution in [0.25, 0.3) is 0 Å². The van der Waals surface area contributed by atoms with Gasteiger partial charge < -0.3 is 4.90 Å². The van der Waals surface area contributed by atoms with Crippen LogP contribution in [0.15, 0.2) is 0 Å². The van der Waals surface area contributed by atoms with Crippen molar-refractivity contribution in [2.45, 2.75) is 39.3 Å². The molecule has 1 rings (SSSR count). The molecule has 2 nitrogen and oxygen atoms in total. The average molecular weight is 330 g/mol. The van der Waals surface area contributed by atoms with E-state index in [0.29, 0.717) is 11.8 Å². The quantitative estimate of drug-likeness (QED) is 0.722. The molecule has 0 spiro atoms. The molecular weight excluding hydrogens is 311 g/mol. The Kier molecular flexibility index (Phi) is 5.09. The molecule has 0 aromatic heterocycles. The fraction of sp³-hybridized carbons (Fsp3) is 0.917. The molecule has 18 heavy (non-hydrogen) atoms. The minimum absolute atomic E-state index is 0.102. The first-order chi connectivity index (χ1) is 8.17. The number of halogens is 4. The molecule has 0 aromatic carbocycles. The fourth-order valence-electron chi connectivity index (χ4n) is 2.59. The maximum absolute atomic E-state index is 12.5. The lowest BCUT2D eigenvalue weighted by Gasteiger charge is -2.32. The lowest BCUT2D eigenvalue weighted by atomic mass is 9.81. The Morgan fingerprint density at radius 3 is 2.44 bits per heavy atom. The third kappa shape index (κ3) is 4.14. The van der Waals surface area contributed by atoms with Crippen molar-refractivity contribution in [1.29, 1.82) is 0 Å². The van der Waals surface area contributed by atoms with Gasteiger partial charge >= 0.3 is 6.18 Å². The fourth-order valence-corrected chi connectivity index (χ4v) is 3.02. The van der Waals surface area contributed by atoms with Gasteiger partial charge in [-0.15, -0.1) is 0 Å². The largest absolute Gasteiger partial charge is 0.406 e. The Morgan fingerprint density at radius 2 is 2.06 bits per heavy atom. The molecule has 6 heteroatoms. The summed E-state index contributed by atoms with van der Waals surface area (Å²) >= 11 is 3.10. The maximum atomic E-state index is 12.5. The lowest BCUT2D eigenvalue weighted by Crippen LogP contribution is -2.45. The third-order valence-corrected chi connectivity index (χ3v) is 3.95. The van der Waals surface area contributed by atoms with Crippen LogP contribution in [-0.2, 0) is 4.79 Å². The first-order valence-electron chi connectivity index (χ1n) is 6.09. The van der Waals surface area contributed by atoms with E-state index in [4.69, 9.17) is 0 Å². The summed E-state index contributed by atoms with van der Waals surface area (Å²) in [6.45, 7) is 2.87. The molecule has 1 unspecified atom stereocenters. The van der Waals surface area contributed by atoms with Gasteiger partial charge in [0.05, 0.1) is 0 Å². The number of hydrogen-bond donors (Lipinski definition) is 0. The van der Waals surface area contributed by atoms with Crippen LogP contribution in [0.2, 0.25) is 0 Å². The van der Waals surface area contributed by atoms with E-state index in [1.165, 1.54) is 0 Å². The van der Waals surface area contributed by atoms with Gasteiger partial charge in [-0.25, -0.2) is 0 Å². The van der Waals surface area contributed by atoms with Crippen molar-refractivity contribution in [2.75, 3.05) is 18.4 Å². The molecule has 1 atom stereocenters. The van der Waals surface area contributed by atoms with Crippen molar-refractivity contribution >= 4 is 21.8 Å². The van der Waals surface area contributed by atoms with Crippen LogP contribution < -0.4 is 0 Å². The SMILES string of the molecule is CC1(C)CCCC1C(=O)N(CCBr)CC(F)(F)F. The summed E-state index contributed by atoms with van der Waals surface area (Å²) in [7, 11) is 0. The molecule has 0 heterocycles. The van der Waals surface area contributed by atoms with Gasteiger partial charge in [0.2, 0.25) is 5.91 Å². The van der Waals surface area contributed by atoms with Crippen molar-refractivity contribution in [1.82, 2.24) is 4.90 Å². The molecule has 106 valence electrons. The number of alkyl halides is 4. The standard InChI is InChI=1S/C12H19BrF3NO/c1-11(2)5-3-4-9(11)10(18)17(7-6-13)8-12(14,15)16/h9H,3-8H2,1-2H3. The predicted octanol–water partition coefficient (Wildman–Crippen LogP) is 3.60. The van der Waals surface area contributed by atoms with E-state index < -0.39 is 12.7 Å². The third-order valence-electron chi connectivity index (χ3n) is 3.59. The van der Waals surface area contributed by atoms with Crippen LogP contribution >= 0.6 is 15.9 Å². The van der Waals surface area contributed by atoms with Gasteiger partial charge in [-0.2, -0.15) is 13.2 Å². The van der Waals surface area contributed by atoms with Crippen molar-refractivity contribution in [3.8, 4) is 0 Å². The van der Waals surface area contributed by atoms with E-state index in [0.717, 1.165) is 17.7 Å². The van der Waals surface area contributed by atoms with Crippen LogP contribution in [0.4, 0.5) is 13.2 Å². The normalized spacial score (nSPS) is 23.1. The zero-order valence-corrected chi connectivity index (χ0v) is 12.3. The summed E-state index contributed by atoms with van der Waals surface area (Å²) in [4.78, 5) is 13.2. The summed E-state index contributed by atoms with van der Waals surface area (Å²) in [5.74, 6) is -0.631. The van der Waals surface area contributed by atoms with E-state index in [2.05, 4.69) is 15.9 Å². The molecule has 0 bridgehead atoms. The number of amides is 1. The molecule has 0 aromatic rings. The van der Waals surface area contributed by atoms with Gasteiger partial charge in [0, 0.05) is 17.8 Å². The summed E-state index contributed by atoms with van der Waals surface area (Å²) in [5.41, 5.74) is -0.187. The Labute approximate surface area is 114 Å². The molecule has 1 aliphatic rings. The van der Waals surface area contributed by atoms with Crippen LogP contribution in [0.5, 0.6) is 0 Å². The molecule has 1 amide bonds. The zero-order chi connectivity index (χ0) is 14.0. The minimum atomic E-state index is -4.33. The highest BCUT2D eigenvalue weighted by atomic mass is 79.9. The second-order valence-electron chi connectivity index (χ2n) is 5.50. The Morgan fingerprint density at radius 1 is 1.44 bits per heavy atom. The molecule has 1 saturated carbocycles. The Hall–Kier alpha value is -0.260. The Balaban J connectivity index is 2.76. The molecule has 0 aliphatic heterocycles. The molecule has 0 N–H and O–H groups in total.